The minimum atomic E-state index is -0.356. The highest BCUT2D eigenvalue weighted by atomic mass is 19.1. The molecular weight excluding hydrogens is 300 g/mol. The molecule has 2 aromatic carbocycles. The van der Waals surface area contributed by atoms with Gasteiger partial charge >= 0.3 is 0 Å². The van der Waals surface area contributed by atoms with Gasteiger partial charge in [-0.05, 0) is 55.5 Å². The number of rotatable bonds is 4. The van der Waals surface area contributed by atoms with Gasteiger partial charge in [0.2, 0.25) is 0 Å². The van der Waals surface area contributed by atoms with Crippen molar-refractivity contribution in [1.82, 2.24) is 14.8 Å². The average molecular weight is 313 g/mol. The maximum atomic E-state index is 13.1. The summed E-state index contributed by atoms with van der Waals surface area (Å²) in [5, 5.41) is 4.32. The van der Waals surface area contributed by atoms with Crippen molar-refractivity contribution in [3.05, 3.63) is 60.2 Å². The predicted molar refractivity (Wildman–Crippen MR) is 81.5 cm³/mol. The minimum absolute atomic E-state index is 0.0565. The van der Waals surface area contributed by atoms with Crippen LogP contribution in [0.3, 0.4) is 0 Å². The zero-order chi connectivity index (χ0) is 16.4. The third-order valence-corrected chi connectivity index (χ3v) is 3.25. The summed E-state index contributed by atoms with van der Waals surface area (Å²) in [6, 6.07) is 11.6. The first-order chi connectivity index (χ1) is 11.0. The molecule has 0 bridgehead atoms. The van der Waals surface area contributed by atoms with Crippen molar-refractivity contribution in [2.45, 2.75) is 13.5 Å². The third-order valence-electron chi connectivity index (χ3n) is 3.25. The van der Waals surface area contributed by atoms with E-state index >= 15 is 0 Å². The number of carbonyl (C=O) groups is 1. The van der Waals surface area contributed by atoms with Crippen LogP contribution in [0.25, 0.3) is 22.8 Å². The Kier molecular flexibility index (Phi) is 3.97. The Labute approximate surface area is 131 Å². The van der Waals surface area contributed by atoms with Gasteiger partial charge in [-0.15, -0.1) is 5.10 Å². The molecule has 0 atom stereocenters. The fourth-order valence-electron chi connectivity index (χ4n) is 2.20. The van der Waals surface area contributed by atoms with Gasteiger partial charge in [0.1, 0.15) is 18.2 Å². The maximum absolute atomic E-state index is 13.1. The number of carbonyl (C=O) groups excluding carboxylic acids is 1. The summed E-state index contributed by atoms with van der Waals surface area (Å²) in [4.78, 5) is 15.9. The van der Waals surface area contributed by atoms with E-state index in [-0.39, 0.29) is 24.0 Å². The molecule has 1 heterocycles. The molecule has 0 saturated heterocycles. The fourth-order valence-corrected chi connectivity index (χ4v) is 2.20. The van der Waals surface area contributed by atoms with E-state index in [1.54, 1.807) is 24.3 Å². The van der Waals surface area contributed by atoms with E-state index in [9.17, 15) is 13.6 Å². The van der Waals surface area contributed by atoms with Crippen LogP contribution in [0.2, 0.25) is 0 Å². The van der Waals surface area contributed by atoms with E-state index in [0.29, 0.717) is 22.8 Å². The second-order valence-corrected chi connectivity index (χ2v) is 5.13. The van der Waals surface area contributed by atoms with E-state index < -0.39 is 0 Å². The highest BCUT2D eigenvalue weighted by Gasteiger charge is 2.14. The summed E-state index contributed by atoms with van der Waals surface area (Å²) in [5.41, 5.74) is 1.28. The van der Waals surface area contributed by atoms with Crippen molar-refractivity contribution in [3.63, 3.8) is 0 Å². The predicted octanol–water partition coefficient (Wildman–Crippen LogP) is 3.48. The largest absolute Gasteiger partial charge is 0.298 e. The van der Waals surface area contributed by atoms with Crippen LogP contribution in [-0.4, -0.2) is 20.5 Å². The Morgan fingerprint density at radius 2 is 1.48 bits per heavy atom. The lowest BCUT2D eigenvalue weighted by atomic mass is 10.2. The molecule has 0 aliphatic carbocycles. The minimum Gasteiger partial charge on any atom is -0.298 e. The molecule has 0 fully saturated rings. The molecule has 0 amide bonds. The number of aromatic nitrogens is 3. The van der Waals surface area contributed by atoms with E-state index in [0.717, 1.165) is 0 Å². The normalized spacial score (nSPS) is 10.7. The smallest absolute Gasteiger partial charge is 0.181 e. The molecule has 0 aliphatic heterocycles. The van der Waals surface area contributed by atoms with Crippen molar-refractivity contribution in [3.8, 4) is 22.8 Å². The first-order valence-corrected chi connectivity index (χ1v) is 6.99. The zero-order valence-corrected chi connectivity index (χ0v) is 12.3. The van der Waals surface area contributed by atoms with E-state index in [2.05, 4.69) is 10.1 Å². The average Bonchev–Trinajstić information content (AvgIpc) is 2.92. The number of hydrogen-bond acceptors (Lipinski definition) is 3. The summed E-state index contributed by atoms with van der Waals surface area (Å²) >= 11 is 0. The molecule has 6 heteroatoms. The van der Waals surface area contributed by atoms with Gasteiger partial charge in [-0.3, -0.25) is 4.79 Å². The lowest BCUT2D eigenvalue weighted by Gasteiger charge is -2.03. The second-order valence-electron chi connectivity index (χ2n) is 5.13. The van der Waals surface area contributed by atoms with Crippen molar-refractivity contribution < 1.29 is 13.6 Å². The highest BCUT2D eigenvalue weighted by Crippen LogP contribution is 2.23. The monoisotopic (exact) mass is 313 g/mol. The van der Waals surface area contributed by atoms with Crippen LogP contribution >= 0.6 is 0 Å². The Hall–Kier alpha value is -2.89. The molecule has 116 valence electrons. The first-order valence-electron chi connectivity index (χ1n) is 6.99. The molecule has 0 spiro atoms. The molecule has 0 radical (unpaired) electrons. The zero-order valence-electron chi connectivity index (χ0n) is 12.3. The summed E-state index contributed by atoms with van der Waals surface area (Å²) in [5.74, 6) is 0.0508. The topological polar surface area (TPSA) is 47.8 Å². The number of hydrogen-bond donors (Lipinski definition) is 0. The van der Waals surface area contributed by atoms with Crippen molar-refractivity contribution >= 4 is 5.78 Å². The molecule has 0 unspecified atom stereocenters. The van der Waals surface area contributed by atoms with Gasteiger partial charge in [0.25, 0.3) is 0 Å². The van der Waals surface area contributed by atoms with Crippen LogP contribution in [0.4, 0.5) is 8.78 Å². The molecule has 0 aliphatic rings. The fraction of sp³-hybridized carbons (Fsp3) is 0.118. The van der Waals surface area contributed by atoms with Crippen LogP contribution < -0.4 is 0 Å². The van der Waals surface area contributed by atoms with Crippen LogP contribution in [0.1, 0.15) is 6.92 Å². The summed E-state index contributed by atoms with van der Waals surface area (Å²) in [6.45, 7) is 1.51. The second kappa shape index (κ2) is 6.08. The van der Waals surface area contributed by atoms with Gasteiger partial charge in [-0.1, -0.05) is 0 Å². The Bertz CT molecular complexity index is 839. The van der Waals surface area contributed by atoms with Crippen LogP contribution in [0.15, 0.2) is 48.5 Å². The summed E-state index contributed by atoms with van der Waals surface area (Å²) in [6.07, 6.45) is 0. The van der Waals surface area contributed by atoms with Gasteiger partial charge in [0, 0.05) is 11.1 Å². The van der Waals surface area contributed by atoms with Gasteiger partial charge < -0.3 is 0 Å². The summed E-state index contributed by atoms with van der Waals surface area (Å²) in [7, 11) is 0. The lowest BCUT2D eigenvalue weighted by molar-refractivity contribution is -0.117. The van der Waals surface area contributed by atoms with Gasteiger partial charge in [-0.2, -0.15) is 0 Å². The van der Waals surface area contributed by atoms with Crippen molar-refractivity contribution in [2.24, 2.45) is 0 Å². The lowest BCUT2D eigenvalue weighted by Crippen LogP contribution is -2.09. The number of halogens is 2. The third kappa shape index (κ3) is 3.31. The van der Waals surface area contributed by atoms with Crippen LogP contribution in [-0.2, 0) is 11.3 Å². The van der Waals surface area contributed by atoms with Crippen LogP contribution in [0.5, 0.6) is 0 Å². The van der Waals surface area contributed by atoms with E-state index in [1.807, 2.05) is 0 Å². The Morgan fingerprint density at radius 1 is 0.957 bits per heavy atom. The first kappa shape index (κ1) is 15.0. The molecule has 4 nitrogen and oxygen atoms in total. The maximum Gasteiger partial charge on any atom is 0.181 e. The van der Waals surface area contributed by atoms with Gasteiger partial charge in [-0.25, -0.2) is 18.4 Å². The van der Waals surface area contributed by atoms with Crippen LogP contribution in [0, 0.1) is 11.6 Å². The van der Waals surface area contributed by atoms with E-state index in [4.69, 9.17) is 0 Å². The van der Waals surface area contributed by atoms with Crippen molar-refractivity contribution in [2.75, 3.05) is 0 Å². The van der Waals surface area contributed by atoms with E-state index in [1.165, 1.54) is 35.9 Å². The van der Waals surface area contributed by atoms with Gasteiger partial charge in [0.15, 0.2) is 17.4 Å². The standard InChI is InChI=1S/C17H13F2N3O/c1-11(23)10-22-17(13-4-8-15(19)9-5-13)20-16(21-22)12-2-6-14(18)7-3-12/h2-9H,10H2,1H3. The number of Topliss-reactive ketones (excluding diaryl/α,β-unsaturated/α-hetero) is 1. The Balaban J connectivity index is 2.08. The molecule has 0 saturated carbocycles. The van der Waals surface area contributed by atoms with Gasteiger partial charge in [0.05, 0.1) is 0 Å². The number of benzene rings is 2. The Morgan fingerprint density at radius 3 is 2.00 bits per heavy atom. The molecule has 0 N–H and O–H groups in total. The molecule has 3 rings (SSSR count). The molecule has 3 aromatic rings. The molecular formula is C17H13F2N3O. The number of nitrogens with zero attached hydrogens (tertiary/aromatic N) is 3. The SMILES string of the molecule is CC(=O)Cn1nc(-c2ccc(F)cc2)nc1-c1ccc(F)cc1. The van der Waals surface area contributed by atoms with Crippen molar-refractivity contribution in [1.29, 1.82) is 0 Å². The quantitative estimate of drug-likeness (QED) is 0.741. The number of ketones is 1. The highest BCUT2D eigenvalue weighted by molar-refractivity contribution is 5.76. The summed E-state index contributed by atoms with van der Waals surface area (Å²) < 4.78 is 27.6. The molecule has 1 aromatic heterocycles. The molecule has 23 heavy (non-hydrogen) atoms.